The van der Waals surface area contributed by atoms with Gasteiger partial charge in [-0.15, -0.1) is 0 Å². The molecule has 0 aromatic heterocycles. The molecule has 24 heavy (non-hydrogen) atoms. The molecular weight excluding hydrogens is 296 g/mol. The van der Waals surface area contributed by atoms with Crippen LogP contribution in [0.15, 0.2) is 90.5 Å². The van der Waals surface area contributed by atoms with Crippen LogP contribution >= 0.6 is 0 Å². The van der Waals surface area contributed by atoms with Crippen molar-refractivity contribution in [3.05, 3.63) is 113 Å². The van der Waals surface area contributed by atoms with Crippen molar-refractivity contribution >= 4 is 11.5 Å². The molecule has 1 atom stereocenters. The van der Waals surface area contributed by atoms with E-state index in [9.17, 15) is 9.90 Å². The number of carbonyl (C=O) groups excluding carboxylic acids is 1. The number of hydrogen-bond donors (Lipinski definition) is 0. The molecule has 0 N–H and O–H groups in total. The monoisotopic (exact) mass is 311 g/mol. The highest BCUT2D eigenvalue weighted by atomic mass is 16.4. The van der Waals surface area contributed by atoms with Crippen LogP contribution in [-0.4, -0.2) is 5.97 Å². The summed E-state index contributed by atoms with van der Waals surface area (Å²) in [4.78, 5) is 12.1. The van der Waals surface area contributed by atoms with Gasteiger partial charge >= 0.3 is 0 Å². The number of carboxylic acids is 1. The minimum Gasteiger partial charge on any atom is -0.545 e. The van der Waals surface area contributed by atoms with E-state index in [1.807, 2.05) is 84.9 Å². The van der Waals surface area contributed by atoms with E-state index in [4.69, 9.17) is 0 Å². The molecule has 2 heteroatoms. The maximum absolute atomic E-state index is 12.1. The van der Waals surface area contributed by atoms with E-state index >= 15 is 0 Å². The van der Waals surface area contributed by atoms with Crippen molar-refractivity contribution in [2.75, 3.05) is 0 Å². The van der Waals surface area contributed by atoms with E-state index in [0.717, 1.165) is 27.8 Å². The van der Waals surface area contributed by atoms with Crippen LogP contribution in [0.5, 0.6) is 0 Å². The first kappa shape index (κ1) is 14.5. The van der Waals surface area contributed by atoms with Gasteiger partial charge in [-0.25, -0.2) is 0 Å². The molecule has 0 bridgehead atoms. The van der Waals surface area contributed by atoms with Crippen molar-refractivity contribution in [3.63, 3.8) is 0 Å². The normalized spacial score (nSPS) is 16.1. The van der Waals surface area contributed by atoms with E-state index in [-0.39, 0.29) is 5.92 Å². The molecule has 0 amide bonds. The molecule has 0 radical (unpaired) electrons. The third-order valence-corrected chi connectivity index (χ3v) is 4.51. The SMILES string of the molecule is O=C([O-])C1=C(c2ccccc2)c2ccccc2C1c1ccccc1. The zero-order valence-electron chi connectivity index (χ0n) is 13.0. The fourth-order valence-electron chi connectivity index (χ4n) is 3.55. The van der Waals surface area contributed by atoms with Crippen molar-refractivity contribution < 1.29 is 9.90 Å². The molecule has 0 aliphatic heterocycles. The summed E-state index contributed by atoms with van der Waals surface area (Å²) >= 11 is 0. The standard InChI is InChI=1S/C22H16O2/c23-22(24)21-19(15-9-3-1-4-10-15)17-13-7-8-14-18(17)20(21)16-11-5-2-6-12-16/h1-14,19H,(H,23,24)/p-1. The number of aliphatic carboxylic acids is 1. The van der Waals surface area contributed by atoms with Crippen LogP contribution in [0.3, 0.4) is 0 Å². The predicted octanol–water partition coefficient (Wildman–Crippen LogP) is 3.38. The van der Waals surface area contributed by atoms with Crippen LogP contribution in [0.1, 0.15) is 28.2 Å². The number of benzene rings is 3. The molecule has 4 rings (SSSR count). The first-order chi connectivity index (χ1) is 11.8. The summed E-state index contributed by atoms with van der Waals surface area (Å²) in [6, 6.07) is 27.3. The second kappa shape index (κ2) is 5.82. The highest BCUT2D eigenvalue weighted by Crippen LogP contribution is 2.47. The Morgan fingerprint density at radius 3 is 2.00 bits per heavy atom. The second-order valence-corrected chi connectivity index (χ2v) is 5.87. The highest BCUT2D eigenvalue weighted by Gasteiger charge is 2.33. The van der Waals surface area contributed by atoms with Crippen molar-refractivity contribution in [2.24, 2.45) is 0 Å². The van der Waals surface area contributed by atoms with E-state index in [2.05, 4.69) is 0 Å². The summed E-state index contributed by atoms with van der Waals surface area (Å²) < 4.78 is 0. The van der Waals surface area contributed by atoms with Gasteiger partial charge < -0.3 is 9.90 Å². The van der Waals surface area contributed by atoms with Gasteiger partial charge in [-0.05, 0) is 33.4 Å². The Hall–Kier alpha value is -3.13. The molecule has 2 nitrogen and oxygen atoms in total. The van der Waals surface area contributed by atoms with Crippen LogP contribution in [0.4, 0.5) is 0 Å². The Bertz CT molecular complexity index is 924. The van der Waals surface area contributed by atoms with Crippen molar-refractivity contribution in [1.82, 2.24) is 0 Å². The Kier molecular flexibility index (Phi) is 3.51. The molecule has 3 aromatic rings. The lowest BCUT2D eigenvalue weighted by Crippen LogP contribution is -2.27. The van der Waals surface area contributed by atoms with Crippen molar-refractivity contribution in [3.8, 4) is 0 Å². The van der Waals surface area contributed by atoms with Crippen molar-refractivity contribution in [1.29, 1.82) is 0 Å². The molecular formula is C22H15O2-. The largest absolute Gasteiger partial charge is 0.545 e. The highest BCUT2D eigenvalue weighted by molar-refractivity contribution is 6.05. The summed E-state index contributed by atoms with van der Waals surface area (Å²) in [7, 11) is 0. The minimum atomic E-state index is -1.11. The molecule has 1 aliphatic carbocycles. The molecule has 0 spiro atoms. The summed E-state index contributed by atoms with van der Waals surface area (Å²) in [6.45, 7) is 0. The van der Waals surface area contributed by atoms with Crippen molar-refractivity contribution in [2.45, 2.75) is 5.92 Å². The fraction of sp³-hybridized carbons (Fsp3) is 0.0455. The zero-order valence-corrected chi connectivity index (χ0v) is 13.0. The average molecular weight is 311 g/mol. The third-order valence-electron chi connectivity index (χ3n) is 4.51. The Morgan fingerprint density at radius 1 is 0.750 bits per heavy atom. The Balaban J connectivity index is 2.04. The van der Waals surface area contributed by atoms with Gasteiger partial charge in [-0.1, -0.05) is 84.9 Å². The van der Waals surface area contributed by atoms with Crippen LogP contribution in [0.2, 0.25) is 0 Å². The molecule has 1 unspecified atom stereocenters. The summed E-state index contributed by atoms with van der Waals surface area (Å²) in [5.74, 6) is -1.42. The summed E-state index contributed by atoms with van der Waals surface area (Å²) in [5, 5.41) is 12.1. The first-order valence-corrected chi connectivity index (χ1v) is 7.92. The number of fused-ring (bicyclic) bond motifs is 1. The molecule has 3 aromatic carbocycles. The number of carboxylic acid groups (broad SMARTS) is 1. The Labute approximate surface area is 140 Å². The van der Waals surface area contributed by atoms with Gasteiger partial charge in [0.15, 0.2) is 0 Å². The van der Waals surface area contributed by atoms with Gasteiger partial charge in [0.1, 0.15) is 0 Å². The minimum absolute atomic E-state index is 0.303. The smallest absolute Gasteiger partial charge is 0.0690 e. The second-order valence-electron chi connectivity index (χ2n) is 5.87. The van der Waals surface area contributed by atoms with Gasteiger partial charge in [0, 0.05) is 5.92 Å². The lowest BCUT2D eigenvalue weighted by atomic mass is 9.88. The fourth-order valence-corrected chi connectivity index (χ4v) is 3.55. The van der Waals surface area contributed by atoms with Crippen LogP contribution in [0, 0.1) is 0 Å². The lowest BCUT2D eigenvalue weighted by molar-refractivity contribution is -0.299. The zero-order chi connectivity index (χ0) is 16.5. The molecule has 0 heterocycles. The lowest BCUT2D eigenvalue weighted by Gasteiger charge is -2.18. The van der Waals surface area contributed by atoms with E-state index < -0.39 is 5.97 Å². The van der Waals surface area contributed by atoms with E-state index in [0.29, 0.717) is 5.57 Å². The topological polar surface area (TPSA) is 40.1 Å². The van der Waals surface area contributed by atoms with Gasteiger partial charge in [0.2, 0.25) is 0 Å². The third kappa shape index (κ3) is 2.24. The molecule has 0 fully saturated rings. The van der Waals surface area contributed by atoms with Gasteiger partial charge in [0.05, 0.1) is 5.97 Å². The molecule has 0 saturated carbocycles. The number of hydrogen-bond acceptors (Lipinski definition) is 2. The van der Waals surface area contributed by atoms with Gasteiger partial charge in [-0.3, -0.25) is 0 Å². The number of carbonyl (C=O) groups is 1. The molecule has 116 valence electrons. The maximum Gasteiger partial charge on any atom is 0.0690 e. The average Bonchev–Trinajstić information content (AvgIpc) is 2.98. The van der Waals surface area contributed by atoms with Crippen LogP contribution < -0.4 is 5.11 Å². The molecule has 1 aliphatic rings. The summed E-state index contributed by atoms with van der Waals surface area (Å²) in [5.41, 5.74) is 4.96. The summed E-state index contributed by atoms with van der Waals surface area (Å²) in [6.07, 6.45) is 0. The Morgan fingerprint density at radius 2 is 1.33 bits per heavy atom. The first-order valence-electron chi connectivity index (χ1n) is 7.92. The van der Waals surface area contributed by atoms with E-state index in [1.165, 1.54) is 0 Å². The van der Waals surface area contributed by atoms with Crippen LogP contribution in [0.25, 0.3) is 5.57 Å². The van der Waals surface area contributed by atoms with Gasteiger partial charge in [-0.2, -0.15) is 0 Å². The van der Waals surface area contributed by atoms with E-state index in [1.54, 1.807) is 0 Å². The quantitative estimate of drug-likeness (QED) is 0.744. The molecule has 0 saturated heterocycles. The van der Waals surface area contributed by atoms with Gasteiger partial charge in [0.25, 0.3) is 0 Å². The maximum atomic E-state index is 12.1. The van der Waals surface area contributed by atoms with Crippen LogP contribution in [-0.2, 0) is 4.79 Å². The number of rotatable bonds is 3. The predicted molar refractivity (Wildman–Crippen MR) is 92.2 cm³/mol.